The molecule has 0 aliphatic heterocycles. The number of pyridine rings is 2. The van der Waals surface area contributed by atoms with Crippen LogP contribution < -0.4 is 0 Å². The van der Waals surface area contributed by atoms with E-state index in [1.807, 2.05) is 36.5 Å². The largest absolute Gasteiger partial charge is 0.354 e. The van der Waals surface area contributed by atoms with Gasteiger partial charge in [-0.15, -0.1) is 22.7 Å². The van der Waals surface area contributed by atoms with Crippen LogP contribution in [0.3, 0.4) is 0 Å². The van der Waals surface area contributed by atoms with E-state index in [2.05, 4.69) is 146 Å². The molecule has 0 aliphatic rings. The molecule has 0 amide bonds. The molecule has 4 aromatic carbocycles. The third kappa shape index (κ3) is 6.82. The van der Waals surface area contributed by atoms with Gasteiger partial charge in [-0.05, 0) is 122 Å². The second-order valence-corrected chi connectivity index (χ2v) is 15.8. The maximum Gasteiger partial charge on any atom is 0.163 e. The van der Waals surface area contributed by atoms with Crippen molar-refractivity contribution < 1.29 is 0 Å². The van der Waals surface area contributed by atoms with Gasteiger partial charge in [-0.25, -0.2) is 19.9 Å². The van der Waals surface area contributed by atoms with Gasteiger partial charge in [-0.2, -0.15) is 0 Å². The predicted molar refractivity (Wildman–Crippen MR) is 239 cm³/mol. The molecular weight excluding hydrogens is 809 g/mol. The zero-order valence-corrected chi connectivity index (χ0v) is 33.2. The molecule has 11 heteroatoms. The molecule has 12 aromatic rings. The number of nitrogens with one attached hydrogen (secondary N) is 1. The number of aromatic amines is 1. The van der Waals surface area contributed by atoms with Crippen molar-refractivity contribution in [1.29, 1.82) is 0 Å². The molecule has 0 radical (unpaired) electrons. The number of halogens is 1. The molecular formula is C46H29BrN8S2. The predicted octanol–water partition coefficient (Wildman–Crippen LogP) is 12.7. The van der Waals surface area contributed by atoms with Crippen LogP contribution in [0.4, 0.5) is 0 Å². The van der Waals surface area contributed by atoms with Crippen molar-refractivity contribution in [3.05, 3.63) is 174 Å². The number of fused-ring (bicyclic) bond motifs is 8. The smallest absolute Gasteiger partial charge is 0.163 e. The van der Waals surface area contributed by atoms with E-state index < -0.39 is 0 Å². The Morgan fingerprint density at radius 3 is 1.88 bits per heavy atom. The summed E-state index contributed by atoms with van der Waals surface area (Å²) < 4.78 is 5.63. The number of thiophene rings is 2. The first kappa shape index (κ1) is 34.8. The first-order chi connectivity index (χ1) is 28.2. The van der Waals surface area contributed by atoms with E-state index in [4.69, 9.17) is 4.98 Å². The standard InChI is InChI=1S/C23H14N4S.C14H9NS.C9H6BrN3/c1-2-6-19-17(5-1)18-12-15-8-11-28-21(15)13-20(18)27(19)22-7-10-25-23(26-22)16-4-3-9-24-14-16;1-2-4-12-10(3-1)11-7-9-5-6-16-14(9)8-13(11)15-12;10-8-3-5-12-9(13-8)7-2-1-4-11-6-7/h1-14H;1-8,15H;1-6H. The maximum atomic E-state index is 4.87. The molecule has 0 spiro atoms. The highest BCUT2D eigenvalue weighted by atomic mass is 79.9. The fraction of sp³-hybridized carbons (Fsp3) is 0. The van der Waals surface area contributed by atoms with E-state index in [1.54, 1.807) is 59.7 Å². The summed E-state index contributed by atoms with van der Waals surface area (Å²) in [5.41, 5.74) is 6.58. The quantitative estimate of drug-likeness (QED) is 0.178. The maximum absolute atomic E-state index is 4.87. The van der Waals surface area contributed by atoms with Crippen LogP contribution in [0.1, 0.15) is 0 Å². The molecule has 1 N–H and O–H groups in total. The Labute approximate surface area is 342 Å². The first-order valence-corrected chi connectivity index (χ1v) is 20.6. The molecule has 8 aromatic heterocycles. The Kier molecular flexibility index (Phi) is 9.23. The molecule has 0 fully saturated rings. The Balaban J connectivity index is 0.000000115. The Bertz CT molecular complexity index is 3340. The van der Waals surface area contributed by atoms with Crippen LogP contribution in [0.5, 0.6) is 0 Å². The fourth-order valence-corrected chi connectivity index (χ4v) is 8.96. The van der Waals surface area contributed by atoms with Crippen molar-refractivity contribution in [2.75, 3.05) is 0 Å². The zero-order chi connectivity index (χ0) is 38.1. The van der Waals surface area contributed by atoms with Gasteiger partial charge in [0.25, 0.3) is 0 Å². The normalized spacial score (nSPS) is 11.2. The van der Waals surface area contributed by atoms with Crippen LogP contribution in [-0.2, 0) is 0 Å². The molecule has 0 saturated carbocycles. The average molecular weight is 838 g/mol. The lowest BCUT2D eigenvalue weighted by atomic mass is 10.1. The topological polar surface area (TPSA) is 98.1 Å². The van der Waals surface area contributed by atoms with Crippen LogP contribution in [0.2, 0.25) is 0 Å². The van der Waals surface area contributed by atoms with E-state index in [1.165, 1.54) is 52.8 Å². The first-order valence-electron chi connectivity index (χ1n) is 18.1. The molecule has 0 atom stereocenters. The second-order valence-electron chi connectivity index (χ2n) is 13.1. The number of benzene rings is 4. The monoisotopic (exact) mass is 836 g/mol. The second kappa shape index (κ2) is 15.1. The van der Waals surface area contributed by atoms with Crippen LogP contribution >= 0.6 is 38.6 Å². The van der Waals surface area contributed by atoms with E-state index in [-0.39, 0.29) is 0 Å². The van der Waals surface area contributed by atoms with Crippen LogP contribution in [-0.4, -0.2) is 39.5 Å². The summed E-state index contributed by atoms with van der Waals surface area (Å²) in [6.45, 7) is 0. The molecule has 0 unspecified atom stereocenters. The summed E-state index contributed by atoms with van der Waals surface area (Å²) in [4.78, 5) is 29.3. The summed E-state index contributed by atoms with van der Waals surface area (Å²) in [5, 5.41) is 12.0. The molecule has 0 aliphatic carbocycles. The molecule has 57 heavy (non-hydrogen) atoms. The summed E-state index contributed by atoms with van der Waals surface area (Å²) in [7, 11) is 0. The number of para-hydroxylation sites is 2. The summed E-state index contributed by atoms with van der Waals surface area (Å²) >= 11 is 6.84. The van der Waals surface area contributed by atoms with Crippen molar-refractivity contribution in [3.8, 4) is 28.6 Å². The van der Waals surface area contributed by atoms with Crippen LogP contribution in [0, 0.1) is 0 Å². The van der Waals surface area contributed by atoms with Crippen molar-refractivity contribution in [3.63, 3.8) is 0 Å². The van der Waals surface area contributed by atoms with Gasteiger partial charge in [0.2, 0.25) is 0 Å². The molecule has 0 bridgehead atoms. The SMILES string of the molecule is Brc1ccnc(-c2cccnc2)n1.c1ccc2c(c1)[nH]c1cc3sccc3cc12.c1cncc(-c2nccc(-n3c4ccccc4c4cc5ccsc5cc43)n2)c1. The summed E-state index contributed by atoms with van der Waals surface area (Å²) in [6, 6.07) is 41.8. The van der Waals surface area contributed by atoms with Gasteiger partial charge in [0.05, 0.1) is 11.0 Å². The number of hydrogen-bond donors (Lipinski definition) is 1. The van der Waals surface area contributed by atoms with Gasteiger partial charge in [-0.1, -0.05) is 36.4 Å². The van der Waals surface area contributed by atoms with E-state index >= 15 is 0 Å². The zero-order valence-electron chi connectivity index (χ0n) is 30.0. The van der Waals surface area contributed by atoms with E-state index in [0.717, 1.165) is 32.6 Å². The van der Waals surface area contributed by atoms with Gasteiger partial charge in [-0.3, -0.25) is 14.5 Å². The molecule has 8 heterocycles. The van der Waals surface area contributed by atoms with E-state index in [9.17, 15) is 0 Å². The molecule has 272 valence electrons. The number of rotatable bonds is 3. The number of nitrogens with zero attached hydrogens (tertiary/aromatic N) is 7. The average Bonchev–Trinajstić information content (AvgIpc) is 4.07. The minimum absolute atomic E-state index is 0.675. The Morgan fingerprint density at radius 2 is 1.16 bits per heavy atom. The number of H-pyrrole nitrogens is 1. The van der Waals surface area contributed by atoms with Crippen molar-refractivity contribution in [1.82, 2.24) is 39.5 Å². The lowest BCUT2D eigenvalue weighted by Crippen LogP contribution is -2.00. The minimum atomic E-state index is 0.675. The van der Waals surface area contributed by atoms with Gasteiger partial charge in [0.15, 0.2) is 11.6 Å². The molecule has 0 saturated heterocycles. The third-order valence-electron chi connectivity index (χ3n) is 9.66. The van der Waals surface area contributed by atoms with Crippen molar-refractivity contribution >= 4 is 102 Å². The highest BCUT2D eigenvalue weighted by Crippen LogP contribution is 2.36. The summed E-state index contributed by atoms with van der Waals surface area (Å²) in [6.07, 6.45) is 10.5. The molecule has 12 rings (SSSR count). The van der Waals surface area contributed by atoms with Gasteiger partial charge < -0.3 is 4.98 Å². The van der Waals surface area contributed by atoms with Gasteiger partial charge >= 0.3 is 0 Å². The lowest BCUT2D eigenvalue weighted by molar-refractivity contribution is 1.04. The van der Waals surface area contributed by atoms with Crippen LogP contribution in [0.15, 0.2) is 174 Å². The summed E-state index contributed by atoms with van der Waals surface area (Å²) in [5.74, 6) is 2.21. The van der Waals surface area contributed by atoms with Crippen LogP contribution in [0.25, 0.3) is 92.4 Å². The van der Waals surface area contributed by atoms with E-state index in [0.29, 0.717) is 11.6 Å². The van der Waals surface area contributed by atoms with Gasteiger partial charge in [0, 0.05) is 90.3 Å². The lowest BCUT2D eigenvalue weighted by Gasteiger charge is -2.08. The molecule has 8 nitrogen and oxygen atoms in total. The Hall–Kier alpha value is -6.66. The van der Waals surface area contributed by atoms with Crippen molar-refractivity contribution in [2.45, 2.75) is 0 Å². The highest BCUT2D eigenvalue weighted by Gasteiger charge is 2.15. The van der Waals surface area contributed by atoms with Gasteiger partial charge in [0.1, 0.15) is 10.4 Å². The Morgan fingerprint density at radius 1 is 0.509 bits per heavy atom. The third-order valence-corrected chi connectivity index (χ3v) is 11.9. The fourth-order valence-electron chi connectivity index (χ4n) is 7.06. The number of aromatic nitrogens is 8. The van der Waals surface area contributed by atoms with Crippen molar-refractivity contribution in [2.24, 2.45) is 0 Å². The number of hydrogen-bond acceptors (Lipinski definition) is 8. The highest BCUT2D eigenvalue weighted by molar-refractivity contribution is 9.10. The minimum Gasteiger partial charge on any atom is -0.354 e.